The summed E-state index contributed by atoms with van der Waals surface area (Å²) in [4.78, 5) is 23.7. The highest BCUT2D eigenvalue weighted by atomic mass is 19.1. The zero-order chi connectivity index (χ0) is 25.6. The molecule has 190 valence electrons. The SMILES string of the molecule is Cc1cn(-c2ccnc3nc(-c4[nH]nc5c(F)cc(-c6cncc(CN7CCCCC7)c6)cc45)[nH]c23)cn1. The van der Waals surface area contributed by atoms with Gasteiger partial charge in [0.25, 0.3) is 0 Å². The molecule has 0 atom stereocenters. The molecule has 0 radical (unpaired) electrons. The van der Waals surface area contributed by atoms with E-state index >= 15 is 4.39 Å². The van der Waals surface area contributed by atoms with Gasteiger partial charge >= 0.3 is 0 Å². The lowest BCUT2D eigenvalue weighted by molar-refractivity contribution is 0.220. The first-order valence-corrected chi connectivity index (χ1v) is 12.8. The molecule has 10 heteroatoms. The van der Waals surface area contributed by atoms with Gasteiger partial charge in [0.15, 0.2) is 17.3 Å². The third-order valence-corrected chi connectivity index (χ3v) is 7.19. The second-order valence-electron chi connectivity index (χ2n) is 9.91. The minimum atomic E-state index is -0.398. The highest BCUT2D eigenvalue weighted by Crippen LogP contribution is 2.33. The van der Waals surface area contributed by atoms with Gasteiger partial charge in [-0.1, -0.05) is 6.42 Å². The normalized spacial score (nSPS) is 14.6. The maximum Gasteiger partial charge on any atom is 0.180 e. The lowest BCUT2D eigenvalue weighted by Crippen LogP contribution is -2.29. The molecule has 1 fully saturated rings. The molecule has 0 saturated carbocycles. The molecule has 0 bridgehead atoms. The number of nitrogens with zero attached hydrogens (tertiary/aromatic N) is 7. The summed E-state index contributed by atoms with van der Waals surface area (Å²) in [6.45, 7) is 5.01. The summed E-state index contributed by atoms with van der Waals surface area (Å²) >= 11 is 0. The van der Waals surface area contributed by atoms with Crippen LogP contribution in [0.4, 0.5) is 4.39 Å². The summed E-state index contributed by atoms with van der Waals surface area (Å²) in [6.07, 6.45) is 12.9. The van der Waals surface area contributed by atoms with E-state index < -0.39 is 5.82 Å². The van der Waals surface area contributed by atoms with E-state index in [1.807, 2.05) is 36.0 Å². The van der Waals surface area contributed by atoms with Gasteiger partial charge in [-0.05, 0) is 68.2 Å². The van der Waals surface area contributed by atoms with Crippen LogP contribution in [0.5, 0.6) is 0 Å². The Balaban J connectivity index is 1.29. The molecule has 0 spiro atoms. The van der Waals surface area contributed by atoms with Gasteiger partial charge in [0.2, 0.25) is 0 Å². The van der Waals surface area contributed by atoms with Gasteiger partial charge in [-0.2, -0.15) is 5.10 Å². The van der Waals surface area contributed by atoms with E-state index in [0.29, 0.717) is 22.6 Å². The van der Waals surface area contributed by atoms with Crippen LogP contribution < -0.4 is 0 Å². The Hall–Kier alpha value is -4.44. The number of halogens is 1. The van der Waals surface area contributed by atoms with Crippen molar-refractivity contribution in [2.24, 2.45) is 0 Å². The van der Waals surface area contributed by atoms with Crippen LogP contribution in [0.15, 0.2) is 55.4 Å². The highest BCUT2D eigenvalue weighted by Gasteiger charge is 2.19. The Morgan fingerprint density at radius 2 is 1.92 bits per heavy atom. The van der Waals surface area contributed by atoms with E-state index in [1.54, 1.807) is 18.7 Å². The number of rotatable bonds is 5. The van der Waals surface area contributed by atoms with Crippen LogP contribution in [0.2, 0.25) is 0 Å². The fourth-order valence-corrected chi connectivity index (χ4v) is 5.31. The maximum atomic E-state index is 15.3. The number of nitrogens with one attached hydrogen (secondary N) is 2. The summed E-state index contributed by atoms with van der Waals surface area (Å²) in [7, 11) is 0. The van der Waals surface area contributed by atoms with Crippen LogP contribution in [0.1, 0.15) is 30.5 Å². The Bertz CT molecular complexity index is 1770. The second-order valence-corrected chi connectivity index (χ2v) is 9.91. The number of aromatic amines is 2. The lowest BCUT2D eigenvalue weighted by atomic mass is 10.0. The lowest BCUT2D eigenvalue weighted by Gasteiger charge is -2.26. The Morgan fingerprint density at radius 1 is 1.03 bits per heavy atom. The molecule has 1 aromatic carbocycles. The third-order valence-electron chi connectivity index (χ3n) is 7.19. The largest absolute Gasteiger partial charge is 0.334 e. The highest BCUT2D eigenvalue weighted by molar-refractivity contribution is 5.96. The number of H-pyrrole nitrogens is 2. The zero-order valence-corrected chi connectivity index (χ0v) is 20.9. The molecule has 1 aliphatic rings. The standard InChI is InChI=1S/C28H26FN9/c1-17-14-38(16-32-17)23-5-6-31-27-26(23)33-28(34-27)25-21-10-19(11-22(29)24(21)35-36-25)20-9-18(12-30-13-20)15-37-7-3-2-4-8-37/h5-6,9-14,16H,2-4,7-8,15H2,1H3,(H,35,36)(H,31,33,34). The molecule has 6 aromatic rings. The first-order chi connectivity index (χ1) is 18.6. The minimum Gasteiger partial charge on any atom is -0.334 e. The van der Waals surface area contributed by atoms with Crippen molar-refractivity contribution in [2.45, 2.75) is 32.7 Å². The fourth-order valence-electron chi connectivity index (χ4n) is 5.31. The van der Waals surface area contributed by atoms with Crippen molar-refractivity contribution in [3.63, 3.8) is 0 Å². The third kappa shape index (κ3) is 4.03. The number of hydrogen-bond donors (Lipinski definition) is 2. The fraction of sp³-hybridized carbons (Fsp3) is 0.250. The number of hydrogen-bond acceptors (Lipinski definition) is 6. The number of likely N-dealkylation sites (tertiary alicyclic amines) is 1. The van der Waals surface area contributed by atoms with Crippen molar-refractivity contribution >= 4 is 22.1 Å². The number of fused-ring (bicyclic) bond motifs is 2. The first kappa shape index (κ1) is 22.7. The molecule has 38 heavy (non-hydrogen) atoms. The molecule has 0 aliphatic carbocycles. The molecule has 1 aliphatic heterocycles. The van der Waals surface area contributed by atoms with Crippen molar-refractivity contribution in [1.29, 1.82) is 0 Å². The van der Waals surface area contributed by atoms with E-state index in [-0.39, 0.29) is 5.52 Å². The van der Waals surface area contributed by atoms with Crippen molar-refractivity contribution in [3.05, 3.63) is 72.5 Å². The first-order valence-electron chi connectivity index (χ1n) is 12.8. The van der Waals surface area contributed by atoms with Crippen LogP contribution in [-0.2, 0) is 6.54 Å². The number of pyridine rings is 2. The van der Waals surface area contributed by atoms with Crippen molar-refractivity contribution < 1.29 is 4.39 Å². The van der Waals surface area contributed by atoms with Gasteiger partial charge in [-0.15, -0.1) is 0 Å². The predicted octanol–water partition coefficient (Wildman–Crippen LogP) is 5.18. The van der Waals surface area contributed by atoms with Gasteiger partial charge in [0.1, 0.15) is 16.7 Å². The van der Waals surface area contributed by atoms with E-state index in [1.165, 1.54) is 25.3 Å². The van der Waals surface area contributed by atoms with Crippen molar-refractivity contribution in [2.75, 3.05) is 13.1 Å². The Kier molecular flexibility index (Phi) is 5.47. The van der Waals surface area contributed by atoms with E-state index in [9.17, 15) is 0 Å². The molecule has 9 nitrogen and oxygen atoms in total. The number of imidazole rings is 2. The average Bonchev–Trinajstić information content (AvgIpc) is 3.67. The summed E-state index contributed by atoms with van der Waals surface area (Å²) in [5, 5.41) is 7.89. The molecular weight excluding hydrogens is 481 g/mol. The molecule has 0 unspecified atom stereocenters. The summed E-state index contributed by atoms with van der Waals surface area (Å²) < 4.78 is 17.2. The van der Waals surface area contributed by atoms with E-state index in [0.717, 1.165) is 53.2 Å². The van der Waals surface area contributed by atoms with E-state index in [4.69, 9.17) is 4.98 Å². The van der Waals surface area contributed by atoms with Crippen LogP contribution in [0, 0.1) is 12.7 Å². The Labute approximate surface area is 217 Å². The average molecular weight is 508 g/mol. The molecule has 6 heterocycles. The molecule has 7 rings (SSSR count). The van der Waals surface area contributed by atoms with Gasteiger partial charge in [0, 0.05) is 42.3 Å². The molecular formula is C28H26FN9. The van der Waals surface area contributed by atoms with Gasteiger partial charge in [-0.25, -0.2) is 19.3 Å². The second kappa shape index (κ2) is 9.14. The summed E-state index contributed by atoms with van der Waals surface area (Å²) in [6, 6.07) is 7.47. The number of aryl methyl sites for hydroxylation is 1. The van der Waals surface area contributed by atoms with Gasteiger partial charge < -0.3 is 9.55 Å². The monoisotopic (exact) mass is 507 g/mol. The predicted molar refractivity (Wildman–Crippen MR) is 143 cm³/mol. The topological polar surface area (TPSA) is 104 Å². The van der Waals surface area contributed by atoms with E-state index in [2.05, 4.69) is 41.1 Å². The quantitative estimate of drug-likeness (QED) is 0.333. The molecule has 0 amide bonds. The number of piperidine rings is 1. The maximum absolute atomic E-state index is 15.3. The van der Waals surface area contributed by atoms with Crippen molar-refractivity contribution in [1.82, 2.24) is 44.6 Å². The summed E-state index contributed by atoms with van der Waals surface area (Å²) in [5.41, 5.74) is 6.71. The number of aromatic nitrogens is 8. The zero-order valence-electron chi connectivity index (χ0n) is 20.9. The summed E-state index contributed by atoms with van der Waals surface area (Å²) in [5.74, 6) is 0.137. The van der Waals surface area contributed by atoms with Crippen LogP contribution in [0.3, 0.4) is 0 Å². The Morgan fingerprint density at radius 3 is 2.76 bits per heavy atom. The number of benzene rings is 1. The van der Waals surface area contributed by atoms with Crippen LogP contribution >= 0.6 is 0 Å². The van der Waals surface area contributed by atoms with Crippen LogP contribution in [0.25, 0.3) is 50.4 Å². The smallest absolute Gasteiger partial charge is 0.180 e. The van der Waals surface area contributed by atoms with Crippen molar-refractivity contribution in [3.8, 4) is 28.3 Å². The molecule has 1 saturated heterocycles. The van der Waals surface area contributed by atoms with Gasteiger partial charge in [-0.3, -0.25) is 15.0 Å². The molecule has 2 N–H and O–H groups in total. The van der Waals surface area contributed by atoms with Crippen LogP contribution in [-0.4, -0.2) is 57.7 Å². The molecule has 5 aromatic heterocycles. The van der Waals surface area contributed by atoms with Gasteiger partial charge in [0.05, 0.1) is 17.7 Å². The minimum absolute atomic E-state index is 0.264.